The van der Waals surface area contributed by atoms with Crippen molar-refractivity contribution in [2.24, 2.45) is 5.92 Å². The Morgan fingerprint density at radius 2 is 1.72 bits per heavy atom. The predicted octanol–water partition coefficient (Wildman–Crippen LogP) is 5.20. The number of allylic oxidation sites excluding steroid dienone is 1. The van der Waals surface area contributed by atoms with E-state index in [4.69, 9.17) is 9.47 Å². The molecule has 0 saturated heterocycles. The number of benzene rings is 2. The maximum atomic E-state index is 12.7. The molecule has 0 heterocycles. The predicted molar refractivity (Wildman–Crippen MR) is 126 cm³/mol. The van der Waals surface area contributed by atoms with Crippen LogP contribution in [0.1, 0.15) is 50.2 Å². The van der Waals surface area contributed by atoms with Gasteiger partial charge in [0.1, 0.15) is 0 Å². The van der Waals surface area contributed by atoms with Crippen LogP contribution in [0.5, 0.6) is 0 Å². The molecule has 0 aliphatic heterocycles. The van der Waals surface area contributed by atoms with Crippen molar-refractivity contribution in [3.05, 3.63) is 71.8 Å². The largest absolute Gasteiger partial charge is 0.462 e. The highest BCUT2D eigenvalue weighted by atomic mass is 32.2. The Balaban J connectivity index is 1.60. The molecule has 0 amide bonds. The van der Waals surface area contributed by atoms with Crippen LogP contribution >= 0.6 is 0 Å². The van der Waals surface area contributed by atoms with E-state index in [-0.39, 0.29) is 16.6 Å². The lowest BCUT2D eigenvalue weighted by molar-refractivity contribution is -0.136. The van der Waals surface area contributed by atoms with Crippen LogP contribution in [0.15, 0.2) is 65.6 Å². The summed E-state index contributed by atoms with van der Waals surface area (Å²) in [6.45, 7) is 2.94. The first-order valence-corrected chi connectivity index (χ1v) is 13.0. The monoisotopic (exact) mass is 456 g/mol. The minimum Gasteiger partial charge on any atom is -0.462 e. The third-order valence-electron chi connectivity index (χ3n) is 5.64. The Morgan fingerprint density at radius 3 is 2.38 bits per heavy atom. The molecular weight excluding hydrogens is 424 g/mol. The van der Waals surface area contributed by atoms with Crippen LogP contribution < -0.4 is 0 Å². The van der Waals surface area contributed by atoms with Crippen molar-refractivity contribution >= 4 is 21.4 Å². The Bertz CT molecular complexity index is 988. The maximum absolute atomic E-state index is 12.7. The molecule has 3 rings (SSSR count). The molecule has 0 spiro atoms. The number of sulfone groups is 1. The first-order valence-electron chi connectivity index (χ1n) is 11.3. The summed E-state index contributed by atoms with van der Waals surface area (Å²) in [5.74, 6) is 0.0309. The zero-order chi connectivity index (χ0) is 22.8. The molecule has 0 unspecified atom stereocenters. The molecule has 172 valence electrons. The third-order valence-corrected chi connectivity index (χ3v) is 7.45. The average Bonchev–Trinajstić information content (AvgIpc) is 3.31. The molecule has 0 bridgehead atoms. The molecule has 1 saturated carbocycles. The van der Waals surface area contributed by atoms with Gasteiger partial charge in [-0.05, 0) is 55.4 Å². The molecule has 6 heteroatoms. The highest BCUT2D eigenvalue weighted by Crippen LogP contribution is 2.30. The molecule has 0 radical (unpaired) electrons. The van der Waals surface area contributed by atoms with E-state index in [0.717, 1.165) is 18.4 Å². The van der Waals surface area contributed by atoms with Crippen molar-refractivity contribution in [3.8, 4) is 0 Å². The van der Waals surface area contributed by atoms with Crippen molar-refractivity contribution in [2.75, 3.05) is 19.0 Å². The molecule has 1 fully saturated rings. The molecular formula is C26H32O5S. The zero-order valence-electron chi connectivity index (χ0n) is 18.7. The van der Waals surface area contributed by atoms with Crippen LogP contribution in [-0.4, -0.2) is 33.4 Å². The van der Waals surface area contributed by atoms with Crippen LogP contribution in [0.3, 0.4) is 0 Å². The van der Waals surface area contributed by atoms with E-state index >= 15 is 0 Å². The van der Waals surface area contributed by atoms with Gasteiger partial charge in [0.25, 0.3) is 0 Å². The van der Waals surface area contributed by atoms with E-state index in [1.165, 1.54) is 12.8 Å². The topological polar surface area (TPSA) is 69.7 Å². The van der Waals surface area contributed by atoms with Gasteiger partial charge in [0.15, 0.2) is 9.84 Å². The summed E-state index contributed by atoms with van der Waals surface area (Å²) in [5, 5.41) is 0. The Morgan fingerprint density at radius 1 is 1.03 bits per heavy atom. The van der Waals surface area contributed by atoms with E-state index in [1.807, 2.05) is 36.4 Å². The minimum absolute atomic E-state index is 0.0176. The Hall–Kier alpha value is -2.44. The summed E-state index contributed by atoms with van der Waals surface area (Å²) in [4.78, 5) is 12.8. The number of hydrogen-bond acceptors (Lipinski definition) is 5. The molecule has 2 aromatic rings. The highest BCUT2D eigenvalue weighted by Gasteiger charge is 2.20. The van der Waals surface area contributed by atoms with Crippen molar-refractivity contribution < 1.29 is 22.7 Å². The lowest BCUT2D eigenvalue weighted by atomic mass is 9.99. The lowest BCUT2D eigenvalue weighted by Gasteiger charge is -2.11. The van der Waals surface area contributed by atoms with Gasteiger partial charge in [-0.15, -0.1) is 0 Å². The maximum Gasteiger partial charge on any atom is 0.338 e. The fourth-order valence-corrected chi connectivity index (χ4v) is 5.21. The van der Waals surface area contributed by atoms with Gasteiger partial charge in [-0.1, -0.05) is 61.4 Å². The van der Waals surface area contributed by atoms with Crippen LogP contribution in [0, 0.1) is 5.92 Å². The van der Waals surface area contributed by atoms with E-state index in [1.54, 1.807) is 31.2 Å². The summed E-state index contributed by atoms with van der Waals surface area (Å²) >= 11 is 0. The zero-order valence-corrected chi connectivity index (χ0v) is 19.5. The fraction of sp³-hybridized carbons (Fsp3) is 0.423. The third kappa shape index (κ3) is 7.04. The van der Waals surface area contributed by atoms with Crippen LogP contribution in [-0.2, 0) is 30.7 Å². The first-order chi connectivity index (χ1) is 15.5. The summed E-state index contributed by atoms with van der Waals surface area (Å²) in [5.41, 5.74) is 2.28. The highest BCUT2D eigenvalue weighted by molar-refractivity contribution is 7.91. The molecule has 0 aromatic heterocycles. The second kappa shape index (κ2) is 12.0. The van der Waals surface area contributed by atoms with Gasteiger partial charge >= 0.3 is 5.97 Å². The van der Waals surface area contributed by atoms with Crippen molar-refractivity contribution in [2.45, 2.75) is 50.5 Å². The first kappa shape index (κ1) is 24.2. The molecule has 0 N–H and O–H groups in total. The number of esters is 1. The van der Waals surface area contributed by atoms with E-state index in [2.05, 4.69) is 0 Å². The van der Waals surface area contributed by atoms with Crippen molar-refractivity contribution in [1.82, 2.24) is 0 Å². The summed E-state index contributed by atoms with van der Waals surface area (Å²) in [7, 11) is -3.42. The van der Waals surface area contributed by atoms with Gasteiger partial charge in [-0.2, -0.15) is 0 Å². The number of carbonyl (C=O) groups is 1. The quantitative estimate of drug-likeness (QED) is 0.264. The summed E-state index contributed by atoms with van der Waals surface area (Å²) < 4.78 is 36.2. The van der Waals surface area contributed by atoms with Gasteiger partial charge in [0, 0.05) is 6.61 Å². The molecule has 1 aliphatic rings. The normalized spacial score (nSPS) is 15.1. The van der Waals surface area contributed by atoms with Gasteiger partial charge in [0.05, 0.1) is 29.4 Å². The number of hydrogen-bond donors (Lipinski definition) is 0. The average molecular weight is 457 g/mol. The number of ether oxygens (including phenoxy) is 2. The van der Waals surface area contributed by atoms with Gasteiger partial charge in [-0.3, -0.25) is 0 Å². The second-order valence-electron chi connectivity index (χ2n) is 8.08. The van der Waals surface area contributed by atoms with Crippen LogP contribution in [0.25, 0.3) is 5.57 Å². The fourth-order valence-electron chi connectivity index (χ4n) is 3.93. The smallest absolute Gasteiger partial charge is 0.338 e. The number of carbonyl (C=O) groups excluding carboxylic acids is 1. The summed E-state index contributed by atoms with van der Waals surface area (Å²) in [6.07, 6.45) is 6.90. The van der Waals surface area contributed by atoms with Gasteiger partial charge in [0.2, 0.25) is 0 Å². The van der Waals surface area contributed by atoms with E-state index in [9.17, 15) is 13.2 Å². The molecule has 5 nitrogen and oxygen atoms in total. The summed E-state index contributed by atoms with van der Waals surface area (Å²) in [6, 6.07) is 16.4. The second-order valence-corrected chi connectivity index (χ2v) is 10.2. The minimum atomic E-state index is -3.42. The standard InChI is InChI=1S/C26H32O5S/c1-2-31-26(27)25(19-21-9-6-7-10-21)23-13-15-24(16-14-23)32(28,29)18-8-17-30-20-22-11-4-3-5-12-22/h3-5,11-16,19,21H,2,6-10,17-18,20H2,1H3. The Kier molecular flexibility index (Phi) is 9.06. The van der Waals surface area contributed by atoms with Crippen LogP contribution in [0.4, 0.5) is 0 Å². The van der Waals surface area contributed by atoms with E-state index < -0.39 is 9.84 Å². The molecule has 2 aromatic carbocycles. The van der Waals surface area contributed by atoms with Crippen LogP contribution in [0.2, 0.25) is 0 Å². The Labute approximate surface area is 191 Å². The van der Waals surface area contributed by atoms with Crippen molar-refractivity contribution in [3.63, 3.8) is 0 Å². The molecule has 1 aliphatic carbocycles. The molecule has 32 heavy (non-hydrogen) atoms. The lowest BCUT2D eigenvalue weighted by Crippen LogP contribution is -2.11. The van der Waals surface area contributed by atoms with Crippen molar-refractivity contribution in [1.29, 1.82) is 0 Å². The number of rotatable bonds is 11. The van der Waals surface area contributed by atoms with Gasteiger partial charge < -0.3 is 9.47 Å². The SMILES string of the molecule is CCOC(=O)C(=CC1CCCC1)c1ccc(S(=O)(=O)CCCOCc2ccccc2)cc1. The molecule has 0 atom stereocenters. The van der Waals surface area contributed by atoms with Gasteiger partial charge in [-0.25, -0.2) is 13.2 Å². The van der Waals surface area contributed by atoms with E-state index in [0.29, 0.717) is 43.3 Å².